The molecule has 39 heavy (non-hydrogen) atoms. The van der Waals surface area contributed by atoms with Crippen LogP contribution in [0.4, 0.5) is 5.69 Å². The Hall–Kier alpha value is -3.43. The Labute approximate surface area is 231 Å². The van der Waals surface area contributed by atoms with Crippen LogP contribution in [-0.4, -0.2) is 65.8 Å². The number of carbonyl (C=O) groups excluding carboxylic acids is 1. The number of amides is 1. The number of ether oxygens (including phenoxy) is 1. The summed E-state index contributed by atoms with van der Waals surface area (Å²) in [5.74, 6) is -0.202. The third-order valence-electron chi connectivity index (χ3n) is 8.08. The lowest BCUT2D eigenvalue weighted by Gasteiger charge is -2.40. The zero-order chi connectivity index (χ0) is 28.1. The van der Waals surface area contributed by atoms with Crippen LogP contribution in [0.1, 0.15) is 65.5 Å². The SMILES string of the molecule is CCN(c1cc(-c2ccc(COC)nc2)cc(C(=O)NCc2c(C)[nH][nH]c2=O)c1C)C1CCC(N(C)C)CC1. The molecule has 9 nitrogen and oxygen atoms in total. The predicted molar refractivity (Wildman–Crippen MR) is 155 cm³/mol. The van der Waals surface area contributed by atoms with Crippen LogP contribution in [0.2, 0.25) is 0 Å². The minimum atomic E-state index is -0.216. The Kier molecular flexibility index (Phi) is 9.24. The average Bonchev–Trinajstić information content (AvgIpc) is 3.26. The second-order valence-corrected chi connectivity index (χ2v) is 10.7. The molecule has 9 heteroatoms. The van der Waals surface area contributed by atoms with Crippen LogP contribution >= 0.6 is 0 Å². The number of nitrogens with one attached hydrogen (secondary N) is 3. The Balaban J connectivity index is 1.70. The number of rotatable bonds is 10. The molecule has 0 saturated heterocycles. The van der Waals surface area contributed by atoms with Gasteiger partial charge in [-0.25, -0.2) is 0 Å². The number of nitrogens with zero attached hydrogens (tertiary/aromatic N) is 3. The molecule has 0 aliphatic heterocycles. The topological polar surface area (TPSA) is 106 Å². The largest absolute Gasteiger partial charge is 0.378 e. The third kappa shape index (κ3) is 6.42. The molecule has 0 atom stereocenters. The first-order valence-corrected chi connectivity index (χ1v) is 13.8. The van der Waals surface area contributed by atoms with Crippen molar-refractivity contribution in [2.24, 2.45) is 0 Å². The Morgan fingerprint density at radius 2 is 1.79 bits per heavy atom. The van der Waals surface area contributed by atoms with Crippen molar-refractivity contribution in [2.45, 2.75) is 71.7 Å². The molecule has 2 heterocycles. The summed E-state index contributed by atoms with van der Waals surface area (Å²) in [6, 6.07) is 9.15. The summed E-state index contributed by atoms with van der Waals surface area (Å²) >= 11 is 0. The molecule has 2 aromatic heterocycles. The zero-order valence-corrected chi connectivity index (χ0v) is 24.1. The maximum absolute atomic E-state index is 13.6. The summed E-state index contributed by atoms with van der Waals surface area (Å²) < 4.78 is 5.22. The molecule has 0 unspecified atom stereocenters. The van der Waals surface area contributed by atoms with E-state index >= 15 is 0 Å². The van der Waals surface area contributed by atoms with Gasteiger partial charge < -0.3 is 25.0 Å². The number of pyridine rings is 1. The molecule has 0 spiro atoms. The van der Waals surface area contributed by atoms with E-state index in [2.05, 4.69) is 57.4 Å². The highest BCUT2D eigenvalue weighted by atomic mass is 16.5. The number of hydrogen-bond donors (Lipinski definition) is 3. The van der Waals surface area contributed by atoms with E-state index in [1.165, 1.54) is 0 Å². The van der Waals surface area contributed by atoms with Gasteiger partial charge in [0.05, 0.1) is 24.4 Å². The van der Waals surface area contributed by atoms with E-state index in [-0.39, 0.29) is 18.0 Å². The zero-order valence-electron chi connectivity index (χ0n) is 24.1. The van der Waals surface area contributed by atoms with E-state index < -0.39 is 0 Å². The average molecular weight is 535 g/mol. The fourth-order valence-corrected chi connectivity index (χ4v) is 5.69. The van der Waals surface area contributed by atoms with Crippen LogP contribution in [0.3, 0.4) is 0 Å². The quantitative estimate of drug-likeness (QED) is 0.361. The van der Waals surface area contributed by atoms with Crippen molar-refractivity contribution >= 4 is 11.6 Å². The van der Waals surface area contributed by atoms with Crippen LogP contribution < -0.4 is 15.8 Å². The van der Waals surface area contributed by atoms with Crippen LogP contribution in [0.25, 0.3) is 11.1 Å². The molecule has 1 amide bonds. The fourth-order valence-electron chi connectivity index (χ4n) is 5.69. The van der Waals surface area contributed by atoms with Gasteiger partial charge in [0.1, 0.15) is 0 Å². The summed E-state index contributed by atoms with van der Waals surface area (Å²) in [6.07, 6.45) is 6.40. The highest BCUT2D eigenvalue weighted by molar-refractivity contribution is 5.99. The first-order valence-electron chi connectivity index (χ1n) is 13.8. The van der Waals surface area contributed by atoms with Crippen LogP contribution in [0.5, 0.6) is 0 Å². The van der Waals surface area contributed by atoms with Gasteiger partial charge in [0.2, 0.25) is 0 Å². The fraction of sp³-hybridized carbons (Fsp3) is 0.500. The predicted octanol–water partition coefficient (Wildman–Crippen LogP) is 4.16. The van der Waals surface area contributed by atoms with Crippen LogP contribution in [0.15, 0.2) is 35.3 Å². The van der Waals surface area contributed by atoms with Crippen molar-refractivity contribution in [1.82, 2.24) is 25.4 Å². The van der Waals surface area contributed by atoms with Crippen LogP contribution in [0, 0.1) is 13.8 Å². The molecule has 3 N–H and O–H groups in total. The minimum Gasteiger partial charge on any atom is -0.378 e. The monoisotopic (exact) mass is 534 g/mol. The number of aromatic nitrogens is 3. The minimum absolute atomic E-state index is 0.155. The van der Waals surface area contributed by atoms with Gasteiger partial charge in [0.25, 0.3) is 11.5 Å². The molecule has 3 aromatic rings. The summed E-state index contributed by atoms with van der Waals surface area (Å²) in [5.41, 5.74) is 6.39. The summed E-state index contributed by atoms with van der Waals surface area (Å²) in [4.78, 5) is 35.1. The number of hydrogen-bond acceptors (Lipinski definition) is 6. The number of benzene rings is 1. The van der Waals surface area contributed by atoms with E-state index in [0.717, 1.165) is 66.0 Å². The lowest BCUT2D eigenvalue weighted by atomic mass is 9.88. The molecule has 1 aliphatic rings. The maximum Gasteiger partial charge on any atom is 0.269 e. The second-order valence-electron chi connectivity index (χ2n) is 10.7. The molecule has 4 rings (SSSR count). The van der Waals surface area contributed by atoms with E-state index in [1.807, 2.05) is 38.2 Å². The van der Waals surface area contributed by atoms with E-state index in [9.17, 15) is 9.59 Å². The Morgan fingerprint density at radius 1 is 1.08 bits per heavy atom. The molecular formula is C30H42N6O3. The molecule has 1 aliphatic carbocycles. The molecule has 1 fully saturated rings. The second kappa shape index (κ2) is 12.6. The highest BCUT2D eigenvalue weighted by Gasteiger charge is 2.28. The lowest BCUT2D eigenvalue weighted by molar-refractivity contribution is 0.0950. The smallest absolute Gasteiger partial charge is 0.269 e. The maximum atomic E-state index is 13.6. The first kappa shape index (κ1) is 28.6. The molecule has 210 valence electrons. The van der Waals surface area contributed by atoms with Crippen molar-refractivity contribution in [3.8, 4) is 11.1 Å². The Bertz CT molecular complexity index is 1320. The third-order valence-corrected chi connectivity index (χ3v) is 8.08. The van der Waals surface area contributed by atoms with Gasteiger partial charge in [-0.1, -0.05) is 6.07 Å². The molecular weight excluding hydrogens is 492 g/mol. The van der Waals surface area contributed by atoms with Crippen LogP contribution in [-0.2, 0) is 17.9 Å². The summed E-state index contributed by atoms with van der Waals surface area (Å²) in [6.45, 7) is 7.48. The lowest BCUT2D eigenvalue weighted by Crippen LogP contribution is -2.42. The van der Waals surface area contributed by atoms with Crippen molar-refractivity contribution in [2.75, 3.05) is 32.6 Å². The van der Waals surface area contributed by atoms with Gasteiger partial charge in [0, 0.05) is 54.4 Å². The van der Waals surface area contributed by atoms with Gasteiger partial charge >= 0.3 is 0 Å². The van der Waals surface area contributed by atoms with Gasteiger partial charge in [0.15, 0.2) is 0 Å². The number of aryl methyl sites for hydroxylation is 1. The molecule has 1 saturated carbocycles. The van der Waals surface area contributed by atoms with Crippen molar-refractivity contribution < 1.29 is 9.53 Å². The van der Waals surface area contributed by atoms with Crippen molar-refractivity contribution in [1.29, 1.82) is 0 Å². The van der Waals surface area contributed by atoms with Gasteiger partial charge in [-0.05, 0) is 89.9 Å². The van der Waals surface area contributed by atoms with Gasteiger partial charge in [-0.3, -0.25) is 19.7 Å². The summed E-state index contributed by atoms with van der Waals surface area (Å²) in [5, 5.41) is 8.37. The number of carbonyl (C=O) groups is 1. The molecule has 1 aromatic carbocycles. The normalized spacial score (nSPS) is 17.4. The standard InChI is InChI=1S/C30H42N6O3/c1-7-36(25-12-10-24(11-13-25)35(4)5)28-15-22(21-8-9-23(18-39-6)31-16-21)14-26(19(28)2)29(37)32-17-27-20(3)33-34-30(27)38/h8-9,14-16,24-25H,7,10-13,17-18H2,1-6H3,(H,32,37)(H2,33,34,38). The first-order chi connectivity index (χ1) is 18.7. The number of methoxy groups -OCH3 is 1. The van der Waals surface area contributed by atoms with Crippen molar-refractivity contribution in [3.05, 3.63) is 68.9 Å². The van der Waals surface area contributed by atoms with E-state index in [1.54, 1.807) is 7.11 Å². The van der Waals surface area contributed by atoms with Gasteiger partial charge in [-0.2, -0.15) is 0 Å². The van der Waals surface area contributed by atoms with Gasteiger partial charge in [-0.15, -0.1) is 0 Å². The molecule has 0 bridgehead atoms. The number of anilines is 1. The molecule has 0 radical (unpaired) electrons. The van der Waals surface area contributed by atoms with E-state index in [0.29, 0.717) is 29.8 Å². The summed E-state index contributed by atoms with van der Waals surface area (Å²) in [7, 11) is 5.98. The number of H-pyrrole nitrogens is 2. The Morgan fingerprint density at radius 3 is 2.36 bits per heavy atom. The van der Waals surface area contributed by atoms with Crippen molar-refractivity contribution in [3.63, 3.8) is 0 Å². The number of aromatic amines is 2. The van der Waals surface area contributed by atoms with E-state index in [4.69, 9.17) is 4.74 Å². The highest BCUT2D eigenvalue weighted by Crippen LogP contribution is 2.35.